The Morgan fingerprint density at radius 1 is 1.38 bits per heavy atom. The second-order valence-corrected chi connectivity index (χ2v) is 5.77. The first-order valence-corrected chi connectivity index (χ1v) is 8.66. The second kappa shape index (κ2) is 9.11. The summed E-state index contributed by atoms with van der Waals surface area (Å²) in [5.41, 5.74) is 0. The maximum absolute atomic E-state index is 11.7. The molecule has 0 atom stereocenters. The van der Waals surface area contributed by atoms with Crippen molar-refractivity contribution in [3.63, 3.8) is 0 Å². The highest BCUT2D eigenvalue weighted by atomic mass is 32.2. The normalized spacial score (nSPS) is 10.6. The number of aromatic nitrogens is 3. The SMILES string of the molecule is CCCNC(=O)COC(=O)CSc1nnc(-c2ccco2)n1CC. The number of carbonyl (C=O) groups is 2. The topological polar surface area (TPSA) is 99.2 Å². The Kier molecular flexibility index (Phi) is 6.86. The van der Waals surface area contributed by atoms with Gasteiger partial charge in [0.2, 0.25) is 0 Å². The van der Waals surface area contributed by atoms with Gasteiger partial charge < -0.3 is 14.5 Å². The zero-order valence-electron chi connectivity index (χ0n) is 13.7. The van der Waals surface area contributed by atoms with Gasteiger partial charge in [0.1, 0.15) is 0 Å². The minimum absolute atomic E-state index is 0.0529. The van der Waals surface area contributed by atoms with Gasteiger partial charge in [-0.25, -0.2) is 0 Å². The molecule has 2 rings (SSSR count). The van der Waals surface area contributed by atoms with E-state index in [1.54, 1.807) is 18.4 Å². The number of carbonyl (C=O) groups excluding carboxylic acids is 2. The number of esters is 1. The Hall–Kier alpha value is -2.29. The van der Waals surface area contributed by atoms with E-state index in [0.29, 0.717) is 29.8 Å². The Bertz CT molecular complexity index is 669. The van der Waals surface area contributed by atoms with Crippen LogP contribution in [0.15, 0.2) is 28.0 Å². The summed E-state index contributed by atoms with van der Waals surface area (Å²) in [7, 11) is 0. The predicted molar refractivity (Wildman–Crippen MR) is 88.4 cm³/mol. The molecule has 0 aliphatic rings. The van der Waals surface area contributed by atoms with E-state index < -0.39 is 5.97 Å². The van der Waals surface area contributed by atoms with Crippen molar-refractivity contribution in [3.05, 3.63) is 18.4 Å². The summed E-state index contributed by atoms with van der Waals surface area (Å²) < 4.78 is 12.1. The van der Waals surface area contributed by atoms with E-state index in [-0.39, 0.29) is 18.3 Å². The molecule has 2 aromatic rings. The summed E-state index contributed by atoms with van der Waals surface area (Å²) in [6.07, 6.45) is 2.40. The summed E-state index contributed by atoms with van der Waals surface area (Å²) >= 11 is 1.21. The maximum atomic E-state index is 11.7. The molecule has 1 N–H and O–H groups in total. The van der Waals surface area contributed by atoms with E-state index in [0.717, 1.165) is 6.42 Å². The van der Waals surface area contributed by atoms with Crippen molar-refractivity contribution in [1.29, 1.82) is 0 Å². The molecule has 0 saturated carbocycles. The van der Waals surface area contributed by atoms with Crippen LogP contribution in [0.5, 0.6) is 0 Å². The molecule has 0 bridgehead atoms. The second-order valence-electron chi connectivity index (χ2n) is 4.83. The van der Waals surface area contributed by atoms with Crippen LogP contribution in [0.25, 0.3) is 11.6 Å². The van der Waals surface area contributed by atoms with Crippen LogP contribution in [0.1, 0.15) is 20.3 Å². The number of furan rings is 1. The van der Waals surface area contributed by atoms with E-state index in [1.165, 1.54) is 11.8 Å². The van der Waals surface area contributed by atoms with Crippen LogP contribution in [0.3, 0.4) is 0 Å². The summed E-state index contributed by atoms with van der Waals surface area (Å²) in [5, 5.41) is 11.4. The third kappa shape index (κ3) is 4.85. The molecule has 0 saturated heterocycles. The van der Waals surface area contributed by atoms with Crippen LogP contribution in [0.4, 0.5) is 0 Å². The molecule has 1 amide bonds. The smallest absolute Gasteiger partial charge is 0.316 e. The average Bonchev–Trinajstić information content (AvgIpc) is 3.24. The molecule has 24 heavy (non-hydrogen) atoms. The number of nitrogens with one attached hydrogen (secondary N) is 1. The van der Waals surface area contributed by atoms with Crippen LogP contribution in [-0.2, 0) is 20.9 Å². The Balaban J connectivity index is 1.86. The lowest BCUT2D eigenvalue weighted by atomic mass is 10.4. The average molecular weight is 352 g/mol. The molecule has 130 valence electrons. The first-order valence-electron chi connectivity index (χ1n) is 7.67. The molecule has 0 spiro atoms. The number of hydrogen-bond acceptors (Lipinski definition) is 7. The lowest BCUT2D eigenvalue weighted by molar-refractivity contribution is -0.145. The van der Waals surface area contributed by atoms with E-state index in [4.69, 9.17) is 9.15 Å². The third-order valence-electron chi connectivity index (χ3n) is 3.03. The van der Waals surface area contributed by atoms with Crippen LogP contribution < -0.4 is 5.32 Å². The molecule has 0 aliphatic carbocycles. The van der Waals surface area contributed by atoms with Gasteiger partial charge in [0.25, 0.3) is 5.91 Å². The first-order chi connectivity index (χ1) is 11.7. The molecule has 8 nitrogen and oxygen atoms in total. The molecular weight excluding hydrogens is 332 g/mol. The number of rotatable bonds is 9. The van der Waals surface area contributed by atoms with Crippen molar-refractivity contribution in [1.82, 2.24) is 20.1 Å². The summed E-state index contributed by atoms with van der Waals surface area (Å²) in [4.78, 5) is 23.1. The van der Waals surface area contributed by atoms with E-state index in [1.807, 2.05) is 18.4 Å². The van der Waals surface area contributed by atoms with Crippen LogP contribution >= 0.6 is 11.8 Å². The number of ether oxygens (including phenoxy) is 1. The molecule has 9 heteroatoms. The number of nitrogens with zero attached hydrogens (tertiary/aromatic N) is 3. The Morgan fingerprint density at radius 3 is 2.88 bits per heavy atom. The van der Waals surface area contributed by atoms with Gasteiger partial charge >= 0.3 is 5.97 Å². The number of hydrogen-bond donors (Lipinski definition) is 1. The standard InChI is InChI=1S/C15H20N4O4S/c1-3-7-16-12(20)9-23-13(21)10-24-15-18-17-14(19(15)4-2)11-6-5-8-22-11/h5-6,8H,3-4,7,9-10H2,1-2H3,(H,16,20). The monoisotopic (exact) mass is 352 g/mol. The summed E-state index contributed by atoms with van der Waals surface area (Å²) in [6, 6.07) is 3.57. The van der Waals surface area contributed by atoms with Gasteiger partial charge in [-0.1, -0.05) is 18.7 Å². The lowest BCUT2D eigenvalue weighted by Gasteiger charge is -2.07. The van der Waals surface area contributed by atoms with Gasteiger partial charge in [-0.05, 0) is 25.5 Å². The van der Waals surface area contributed by atoms with E-state index >= 15 is 0 Å². The number of amides is 1. The van der Waals surface area contributed by atoms with Crippen molar-refractivity contribution >= 4 is 23.6 Å². The Morgan fingerprint density at radius 2 is 2.21 bits per heavy atom. The van der Waals surface area contributed by atoms with Gasteiger partial charge in [0.15, 0.2) is 23.3 Å². The number of thioether (sulfide) groups is 1. The minimum atomic E-state index is -0.475. The van der Waals surface area contributed by atoms with Crippen molar-refractivity contribution in [3.8, 4) is 11.6 Å². The molecular formula is C15H20N4O4S. The molecule has 2 heterocycles. The highest BCUT2D eigenvalue weighted by Gasteiger charge is 2.16. The molecule has 0 aromatic carbocycles. The summed E-state index contributed by atoms with van der Waals surface area (Å²) in [6.45, 7) is 4.84. The molecule has 2 aromatic heterocycles. The largest absolute Gasteiger partial charge is 0.461 e. The van der Waals surface area contributed by atoms with Gasteiger partial charge in [-0.2, -0.15) is 0 Å². The van der Waals surface area contributed by atoms with Crippen molar-refractivity contribution in [2.75, 3.05) is 18.9 Å². The summed E-state index contributed by atoms with van der Waals surface area (Å²) in [5.74, 6) is 0.504. The molecule has 0 unspecified atom stereocenters. The van der Waals surface area contributed by atoms with Gasteiger partial charge in [-0.3, -0.25) is 14.2 Å². The van der Waals surface area contributed by atoms with Crippen molar-refractivity contribution in [2.45, 2.75) is 32.0 Å². The van der Waals surface area contributed by atoms with E-state index in [2.05, 4.69) is 15.5 Å². The van der Waals surface area contributed by atoms with Crippen LogP contribution in [0.2, 0.25) is 0 Å². The van der Waals surface area contributed by atoms with Gasteiger partial charge in [0.05, 0.1) is 12.0 Å². The van der Waals surface area contributed by atoms with Gasteiger partial charge in [0, 0.05) is 13.1 Å². The lowest BCUT2D eigenvalue weighted by Crippen LogP contribution is -2.29. The maximum Gasteiger partial charge on any atom is 0.316 e. The minimum Gasteiger partial charge on any atom is -0.461 e. The fourth-order valence-electron chi connectivity index (χ4n) is 1.90. The third-order valence-corrected chi connectivity index (χ3v) is 3.97. The molecule has 0 radical (unpaired) electrons. The molecule has 0 aliphatic heterocycles. The van der Waals surface area contributed by atoms with Crippen molar-refractivity contribution < 1.29 is 18.7 Å². The predicted octanol–water partition coefficient (Wildman–Crippen LogP) is 1.72. The van der Waals surface area contributed by atoms with Crippen LogP contribution in [-0.4, -0.2) is 45.5 Å². The zero-order chi connectivity index (χ0) is 17.4. The first kappa shape index (κ1) is 18.1. The highest BCUT2D eigenvalue weighted by molar-refractivity contribution is 7.99. The quantitative estimate of drug-likeness (QED) is 0.542. The fourth-order valence-corrected chi connectivity index (χ4v) is 2.70. The van der Waals surface area contributed by atoms with Crippen molar-refractivity contribution in [2.24, 2.45) is 0 Å². The zero-order valence-corrected chi connectivity index (χ0v) is 14.5. The van der Waals surface area contributed by atoms with E-state index in [9.17, 15) is 9.59 Å². The highest BCUT2D eigenvalue weighted by Crippen LogP contribution is 2.24. The van der Waals surface area contributed by atoms with Gasteiger partial charge in [-0.15, -0.1) is 10.2 Å². The Labute approximate surface area is 144 Å². The molecule has 0 fully saturated rings. The fraction of sp³-hybridized carbons (Fsp3) is 0.467. The van der Waals surface area contributed by atoms with Crippen LogP contribution in [0, 0.1) is 0 Å².